The van der Waals surface area contributed by atoms with E-state index in [-0.39, 0.29) is 5.91 Å². The molecule has 0 aliphatic carbocycles. The number of nitrogens with zero attached hydrogens (tertiary/aromatic N) is 3. The Hall–Kier alpha value is -1.53. The summed E-state index contributed by atoms with van der Waals surface area (Å²) in [6.07, 6.45) is 1.56. The molecule has 1 amide bonds. The van der Waals surface area contributed by atoms with E-state index in [2.05, 4.69) is 4.98 Å². The van der Waals surface area contributed by atoms with Gasteiger partial charge in [-0.1, -0.05) is 34.8 Å². The maximum absolute atomic E-state index is 12.5. The molecule has 0 saturated carbocycles. The van der Waals surface area contributed by atoms with Crippen LogP contribution in [-0.2, 0) is 11.3 Å². The van der Waals surface area contributed by atoms with Crippen LogP contribution in [0.3, 0.4) is 0 Å². The van der Waals surface area contributed by atoms with Crippen LogP contribution in [0.15, 0.2) is 30.5 Å². The normalized spacial score (nSPS) is 14.4. The number of carbonyl (C=O) groups is 1. The van der Waals surface area contributed by atoms with Crippen molar-refractivity contribution in [1.29, 1.82) is 0 Å². The molecule has 0 atom stereocenters. The fourth-order valence-electron chi connectivity index (χ4n) is 2.83. The Bertz CT molecular complexity index is 790. The molecular formula is C18H18Cl3N3O2. The van der Waals surface area contributed by atoms with Gasteiger partial charge >= 0.3 is 0 Å². The summed E-state index contributed by atoms with van der Waals surface area (Å²) in [5.74, 6) is 0.500. The average Bonchev–Trinajstić information content (AvgIpc) is 2.60. The van der Waals surface area contributed by atoms with Gasteiger partial charge in [0.1, 0.15) is 5.82 Å². The summed E-state index contributed by atoms with van der Waals surface area (Å²) in [5, 5.41) is 1.57. The van der Waals surface area contributed by atoms with E-state index >= 15 is 0 Å². The van der Waals surface area contributed by atoms with Crippen molar-refractivity contribution >= 4 is 46.5 Å². The molecule has 1 fully saturated rings. The van der Waals surface area contributed by atoms with Crippen LogP contribution in [0.4, 0.5) is 5.82 Å². The number of carbonyl (C=O) groups excluding carboxylic acids is 1. The van der Waals surface area contributed by atoms with Crippen molar-refractivity contribution in [2.24, 2.45) is 0 Å². The molecule has 0 unspecified atom stereocenters. The fraction of sp³-hybridized carbons (Fsp3) is 0.333. The van der Waals surface area contributed by atoms with Crippen molar-refractivity contribution in [3.05, 3.63) is 56.7 Å². The maximum atomic E-state index is 12.5. The summed E-state index contributed by atoms with van der Waals surface area (Å²) >= 11 is 18.5. The number of rotatable bonds is 4. The lowest BCUT2D eigenvalue weighted by Crippen LogP contribution is -2.40. The van der Waals surface area contributed by atoms with Gasteiger partial charge in [0.2, 0.25) is 0 Å². The van der Waals surface area contributed by atoms with Gasteiger partial charge in [-0.15, -0.1) is 0 Å². The van der Waals surface area contributed by atoms with Gasteiger partial charge in [-0.2, -0.15) is 0 Å². The van der Waals surface area contributed by atoms with Crippen LogP contribution in [0, 0.1) is 0 Å². The van der Waals surface area contributed by atoms with Crippen LogP contribution in [0.5, 0.6) is 0 Å². The van der Waals surface area contributed by atoms with E-state index in [0.717, 1.165) is 5.56 Å². The molecule has 3 rings (SSSR count). The van der Waals surface area contributed by atoms with Crippen molar-refractivity contribution in [1.82, 2.24) is 9.88 Å². The number of hydrogen-bond donors (Lipinski definition) is 0. The molecular weight excluding hydrogens is 397 g/mol. The van der Waals surface area contributed by atoms with Crippen molar-refractivity contribution in [3.63, 3.8) is 0 Å². The predicted molar refractivity (Wildman–Crippen MR) is 105 cm³/mol. The van der Waals surface area contributed by atoms with E-state index in [0.29, 0.717) is 59.3 Å². The molecule has 138 valence electrons. The highest BCUT2D eigenvalue weighted by atomic mass is 35.5. The highest BCUT2D eigenvalue weighted by Gasteiger charge is 2.20. The van der Waals surface area contributed by atoms with E-state index in [9.17, 15) is 4.79 Å². The smallest absolute Gasteiger partial charge is 0.255 e. The van der Waals surface area contributed by atoms with Crippen molar-refractivity contribution < 1.29 is 9.53 Å². The van der Waals surface area contributed by atoms with Crippen LogP contribution in [0.25, 0.3) is 0 Å². The summed E-state index contributed by atoms with van der Waals surface area (Å²) in [7, 11) is 1.87. The van der Waals surface area contributed by atoms with Crippen LogP contribution in [0.2, 0.25) is 15.1 Å². The Kier molecular flexibility index (Phi) is 6.24. The minimum absolute atomic E-state index is 0.0847. The first-order valence-electron chi connectivity index (χ1n) is 8.12. The van der Waals surface area contributed by atoms with E-state index < -0.39 is 0 Å². The average molecular weight is 415 g/mol. The van der Waals surface area contributed by atoms with Gasteiger partial charge in [0, 0.05) is 42.9 Å². The van der Waals surface area contributed by atoms with Crippen LogP contribution >= 0.6 is 34.8 Å². The lowest BCUT2D eigenvalue weighted by atomic mass is 10.2. The number of pyridine rings is 1. The third-order valence-corrected chi connectivity index (χ3v) is 4.79. The zero-order valence-corrected chi connectivity index (χ0v) is 16.5. The van der Waals surface area contributed by atoms with E-state index in [1.165, 1.54) is 0 Å². The summed E-state index contributed by atoms with van der Waals surface area (Å²) in [6.45, 7) is 2.79. The molecule has 2 heterocycles. The van der Waals surface area contributed by atoms with Gasteiger partial charge in [0.25, 0.3) is 5.91 Å². The molecule has 1 aromatic heterocycles. The molecule has 1 aliphatic heterocycles. The van der Waals surface area contributed by atoms with Crippen LogP contribution in [-0.4, -0.2) is 49.1 Å². The standard InChI is InChI=1S/C18H18Cl3N3O2/c1-23(11-12-6-14(19)9-15(20)7-12)17-16(21)8-13(10-22-17)18(25)24-2-4-26-5-3-24/h6-10H,2-5,11H2,1H3. The van der Waals surface area contributed by atoms with Crippen molar-refractivity contribution in [3.8, 4) is 0 Å². The third-order valence-electron chi connectivity index (χ3n) is 4.07. The summed E-state index contributed by atoms with van der Waals surface area (Å²) in [6, 6.07) is 7.02. The third kappa shape index (κ3) is 4.60. The van der Waals surface area contributed by atoms with Gasteiger partial charge in [-0.25, -0.2) is 4.98 Å². The zero-order valence-electron chi connectivity index (χ0n) is 14.2. The molecule has 8 heteroatoms. The van der Waals surface area contributed by atoms with Gasteiger partial charge in [-0.3, -0.25) is 4.79 Å². The number of hydrogen-bond acceptors (Lipinski definition) is 4. The molecule has 26 heavy (non-hydrogen) atoms. The number of benzene rings is 1. The van der Waals surface area contributed by atoms with Crippen LogP contribution < -0.4 is 4.90 Å². The first-order chi connectivity index (χ1) is 12.4. The number of morpholine rings is 1. The molecule has 0 spiro atoms. The molecule has 2 aromatic rings. The molecule has 5 nitrogen and oxygen atoms in total. The summed E-state index contributed by atoms with van der Waals surface area (Å²) in [5.41, 5.74) is 1.41. The second kappa shape index (κ2) is 8.44. The molecule has 0 radical (unpaired) electrons. The highest BCUT2D eigenvalue weighted by molar-refractivity contribution is 6.34. The first kappa shape index (κ1) is 19.2. The molecule has 1 saturated heterocycles. The topological polar surface area (TPSA) is 45.7 Å². The second-order valence-corrected chi connectivity index (χ2v) is 7.35. The number of aromatic nitrogens is 1. The Labute approximate surface area is 167 Å². The summed E-state index contributed by atoms with van der Waals surface area (Å²) in [4.78, 5) is 20.5. The Balaban J connectivity index is 1.75. The van der Waals surface area contributed by atoms with Gasteiger partial charge in [0.05, 0.1) is 23.8 Å². The lowest BCUT2D eigenvalue weighted by Gasteiger charge is -2.27. The highest BCUT2D eigenvalue weighted by Crippen LogP contribution is 2.26. The van der Waals surface area contributed by atoms with E-state index in [1.54, 1.807) is 23.2 Å². The minimum Gasteiger partial charge on any atom is -0.378 e. The monoisotopic (exact) mass is 413 g/mol. The van der Waals surface area contributed by atoms with Gasteiger partial charge in [-0.05, 0) is 29.8 Å². The van der Waals surface area contributed by atoms with Crippen molar-refractivity contribution in [2.75, 3.05) is 38.3 Å². The number of amides is 1. The number of anilines is 1. The summed E-state index contributed by atoms with van der Waals surface area (Å²) < 4.78 is 5.27. The quantitative estimate of drug-likeness (QED) is 0.754. The van der Waals surface area contributed by atoms with Crippen molar-refractivity contribution in [2.45, 2.75) is 6.54 Å². The zero-order chi connectivity index (χ0) is 18.7. The van der Waals surface area contributed by atoms with E-state index in [1.807, 2.05) is 24.1 Å². The predicted octanol–water partition coefficient (Wildman–Crippen LogP) is 4.15. The minimum atomic E-state index is -0.0847. The van der Waals surface area contributed by atoms with Crippen LogP contribution in [0.1, 0.15) is 15.9 Å². The molecule has 1 aliphatic rings. The SMILES string of the molecule is CN(Cc1cc(Cl)cc(Cl)c1)c1ncc(C(=O)N2CCOCC2)cc1Cl. The first-order valence-corrected chi connectivity index (χ1v) is 9.26. The lowest BCUT2D eigenvalue weighted by molar-refractivity contribution is 0.0302. The number of ether oxygens (including phenoxy) is 1. The molecule has 0 N–H and O–H groups in total. The Morgan fingerprint density at radius 3 is 2.42 bits per heavy atom. The molecule has 1 aromatic carbocycles. The number of halogens is 3. The second-order valence-electron chi connectivity index (χ2n) is 6.07. The van der Waals surface area contributed by atoms with E-state index in [4.69, 9.17) is 39.5 Å². The van der Waals surface area contributed by atoms with Gasteiger partial charge < -0.3 is 14.5 Å². The fourth-order valence-corrected chi connectivity index (χ4v) is 3.71. The Morgan fingerprint density at radius 2 is 1.81 bits per heavy atom. The Morgan fingerprint density at radius 1 is 1.15 bits per heavy atom. The molecule has 0 bridgehead atoms. The largest absolute Gasteiger partial charge is 0.378 e. The van der Waals surface area contributed by atoms with Gasteiger partial charge in [0.15, 0.2) is 0 Å². The maximum Gasteiger partial charge on any atom is 0.255 e.